The van der Waals surface area contributed by atoms with Gasteiger partial charge in [-0.3, -0.25) is 4.79 Å². The van der Waals surface area contributed by atoms with Crippen LogP contribution >= 0.6 is 11.6 Å². The van der Waals surface area contributed by atoms with Crippen molar-refractivity contribution in [3.05, 3.63) is 87.6 Å². The monoisotopic (exact) mass is 431 g/mol. The number of nitrogens with zero attached hydrogens (tertiary/aromatic N) is 5. The zero-order valence-corrected chi connectivity index (χ0v) is 17.7. The molecule has 0 bridgehead atoms. The largest absolute Gasteiger partial charge is 0.497 e. The summed E-state index contributed by atoms with van der Waals surface area (Å²) in [6, 6.07) is 16.8. The molecule has 7 nitrogen and oxygen atoms in total. The Bertz CT molecular complexity index is 1490. The van der Waals surface area contributed by atoms with E-state index in [1.165, 1.54) is 0 Å². The smallest absolute Gasteiger partial charge is 0.262 e. The van der Waals surface area contributed by atoms with Crippen molar-refractivity contribution in [3.8, 4) is 17.0 Å². The third-order valence-electron chi connectivity index (χ3n) is 5.15. The molecule has 2 aromatic carbocycles. The minimum atomic E-state index is -0.175. The Kier molecular flexibility index (Phi) is 4.67. The average molecular weight is 432 g/mol. The van der Waals surface area contributed by atoms with Gasteiger partial charge in [0.15, 0.2) is 0 Å². The van der Waals surface area contributed by atoms with Crippen LogP contribution in [-0.4, -0.2) is 31.3 Å². The molecule has 0 aliphatic rings. The minimum Gasteiger partial charge on any atom is -0.497 e. The van der Waals surface area contributed by atoms with Gasteiger partial charge in [0.2, 0.25) is 0 Å². The first-order chi connectivity index (χ1) is 15.0. The van der Waals surface area contributed by atoms with Crippen LogP contribution < -0.4 is 10.3 Å². The van der Waals surface area contributed by atoms with Gasteiger partial charge in [-0.2, -0.15) is 9.50 Å². The lowest BCUT2D eigenvalue weighted by Crippen LogP contribution is -2.22. The number of halogens is 1. The Labute approximate surface area is 182 Å². The molecule has 0 spiro atoms. The summed E-state index contributed by atoms with van der Waals surface area (Å²) < 4.78 is 8.46. The molecule has 5 aromatic rings. The molecular formula is C23H18ClN5O2. The molecule has 3 heterocycles. The van der Waals surface area contributed by atoms with Crippen LogP contribution in [-0.2, 0) is 6.54 Å². The number of hydrogen-bond acceptors (Lipinski definition) is 5. The van der Waals surface area contributed by atoms with Crippen molar-refractivity contribution in [1.82, 2.24) is 24.1 Å². The van der Waals surface area contributed by atoms with E-state index in [4.69, 9.17) is 16.3 Å². The number of ether oxygens (including phenoxy) is 1. The van der Waals surface area contributed by atoms with Gasteiger partial charge in [-0.25, -0.2) is 4.98 Å². The minimum absolute atomic E-state index is 0.175. The molecule has 5 rings (SSSR count). The molecule has 0 amide bonds. The van der Waals surface area contributed by atoms with Crippen molar-refractivity contribution in [3.63, 3.8) is 0 Å². The molecule has 0 unspecified atom stereocenters. The van der Waals surface area contributed by atoms with Gasteiger partial charge >= 0.3 is 0 Å². The first-order valence-electron chi connectivity index (χ1n) is 9.69. The molecule has 0 aliphatic heterocycles. The van der Waals surface area contributed by atoms with Crippen molar-refractivity contribution in [2.75, 3.05) is 7.11 Å². The second-order valence-corrected chi connectivity index (χ2v) is 7.58. The van der Waals surface area contributed by atoms with Crippen LogP contribution in [0, 0.1) is 6.92 Å². The highest BCUT2D eigenvalue weighted by Gasteiger charge is 2.19. The van der Waals surface area contributed by atoms with Crippen molar-refractivity contribution < 1.29 is 4.74 Å². The van der Waals surface area contributed by atoms with E-state index in [9.17, 15) is 4.79 Å². The van der Waals surface area contributed by atoms with Gasteiger partial charge in [-0.1, -0.05) is 41.9 Å². The SMILES string of the molecule is COc1ccc(Cn2ccc3nc4nc(C)nn4c(-c4ccccc4Cl)c3c2=O)cc1. The van der Waals surface area contributed by atoms with Crippen molar-refractivity contribution in [1.29, 1.82) is 0 Å². The van der Waals surface area contributed by atoms with E-state index >= 15 is 0 Å². The molecule has 0 radical (unpaired) electrons. The fourth-order valence-electron chi connectivity index (χ4n) is 3.67. The van der Waals surface area contributed by atoms with Gasteiger partial charge < -0.3 is 9.30 Å². The highest BCUT2D eigenvalue weighted by molar-refractivity contribution is 6.33. The van der Waals surface area contributed by atoms with Gasteiger partial charge in [0.1, 0.15) is 11.6 Å². The van der Waals surface area contributed by atoms with E-state index < -0.39 is 0 Å². The second-order valence-electron chi connectivity index (χ2n) is 7.17. The predicted octanol–water partition coefficient (Wildman–Crippen LogP) is 4.12. The quantitative estimate of drug-likeness (QED) is 0.428. The Morgan fingerprint density at radius 1 is 1.03 bits per heavy atom. The van der Waals surface area contributed by atoms with E-state index in [1.807, 2.05) is 48.5 Å². The summed E-state index contributed by atoms with van der Waals surface area (Å²) in [6.45, 7) is 2.20. The highest BCUT2D eigenvalue weighted by Crippen LogP contribution is 2.31. The van der Waals surface area contributed by atoms with Crippen LogP contribution in [0.4, 0.5) is 0 Å². The van der Waals surface area contributed by atoms with Crippen molar-refractivity contribution >= 4 is 28.3 Å². The highest BCUT2D eigenvalue weighted by atomic mass is 35.5. The fraction of sp³-hybridized carbons (Fsp3) is 0.130. The fourth-order valence-corrected chi connectivity index (χ4v) is 3.90. The number of hydrogen-bond donors (Lipinski definition) is 0. The molecule has 8 heteroatoms. The van der Waals surface area contributed by atoms with Crippen molar-refractivity contribution in [2.45, 2.75) is 13.5 Å². The molecule has 0 N–H and O–H groups in total. The third-order valence-corrected chi connectivity index (χ3v) is 5.48. The molecule has 0 atom stereocenters. The Morgan fingerprint density at radius 2 is 1.81 bits per heavy atom. The summed E-state index contributed by atoms with van der Waals surface area (Å²) >= 11 is 6.51. The van der Waals surface area contributed by atoms with Crippen LogP contribution in [0.25, 0.3) is 27.9 Å². The number of fused-ring (bicyclic) bond motifs is 2. The maximum atomic E-state index is 13.6. The maximum absolute atomic E-state index is 13.6. The number of benzene rings is 2. The number of aryl methyl sites for hydroxylation is 1. The van der Waals surface area contributed by atoms with E-state index in [1.54, 1.807) is 35.4 Å². The van der Waals surface area contributed by atoms with Crippen LogP contribution in [0.2, 0.25) is 5.02 Å². The lowest BCUT2D eigenvalue weighted by atomic mass is 10.1. The normalized spacial score (nSPS) is 11.3. The second kappa shape index (κ2) is 7.52. The van der Waals surface area contributed by atoms with Crippen LogP contribution in [0.3, 0.4) is 0 Å². The van der Waals surface area contributed by atoms with E-state index in [2.05, 4.69) is 15.1 Å². The summed E-state index contributed by atoms with van der Waals surface area (Å²) in [5, 5.41) is 5.45. The first-order valence-corrected chi connectivity index (χ1v) is 10.1. The summed E-state index contributed by atoms with van der Waals surface area (Å²) in [5.74, 6) is 1.76. The molecule has 3 aromatic heterocycles. The Morgan fingerprint density at radius 3 is 2.55 bits per heavy atom. The average Bonchev–Trinajstić information content (AvgIpc) is 3.15. The number of aromatic nitrogens is 5. The molecule has 31 heavy (non-hydrogen) atoms. The number of pyridine rings is 1. The van der Waals surface area contributed by atoms with Crippen LogP contribution in [0.15, 0.2) is 65.6 Å². The molecule has 0 saturated heterocycles. The lowest BCUT2D eigenvalue weighted by molar-refractivity contribution is 0.414. The van der Waals surface area contributed by atoms with Gasteiger partial charge in [0.25, 0.3) is 11.3 Å². The molecule has 0 aliphatic carbocycles. The molecule has 0 saturated carbocycles. The lowest BCUT2D eigenvalue weighted by Gasteiger charge is -2.12. The topological polar surface area (TPSA) is 74.3 Å². The van der Waals surface area contributed by atoms with Crippen molar-refractivity contribution in [2.24, 2.45) is 0 Å². The summed E-state index contributed by atoms with van der Waals surface area (Å²) in [7, 11) is 1.62. The van der Waals surface area contributed by atoms with Gasteiger partial charge in [-0.15, -0.1) is 5.10 Å². The third kappa shape index (κ3) is 3.33. The zero-order valence-electron chi connectivity index (χ0n) is 16.9. The van der Waals surface area contributed by atoms with Gasteiger partial charge in [0, 0.05) is 16.8 Å². The predicted molar refractivity (Wildman–Crippen MR) is 120 cm³/mol. The zero-order chi connectivity index (χ0) is 21.5. The summed E-state index contributed by atoms with van der Waals surface area (Å²) in [5.41, 5.74) is 2.63. The van der Waals surface area contributed by atoms with Crippen LogP contribution in [0.1, 0.15) is 11.4 Å². The summed E-state index contributed by atoms with van der Waals surface area (Å²) in [6.07, 6.45) is 1.75. The first kappa shape index (κ1) is 19.3. The van der Waals surface area contributed by atoms with Gasteiger partial charge in [-0.05, 0) is 36.8 Å². The molecule has 154 valence electrons. The summed E-state index contributed by atoms with van der Waals surface area (Å²) in [4.78, 5) is 22.6. The van der Waals surface area contributed by atoms with E-state index in [0.717, 1.165) is 11.3 Å². The number of rotatable bonds is 4. The van der Waals surface area contributed by atoms with E-state index in [0.29, 0.717) is 45.3 Å². The van der Waals surface area contributed by atoms with E-state index in [-0.39, 0.29) is 5.56 Å². The molecule has 0 fully saturated rings. The standard InChI is InChI=1S/C23H18ClN5O2/c1-14-25-23-26-19-11-12-28(13-15-7-9-16(31-2)10-8-15)22(30)20(19)21(29(23)27-14)17-5-3-4-6-18(17)24/h3-12H,13H2,1-2H3. The number of methoxy groups -OCH3 is 1. The maximum Gasteiger partial charge on any atom is 0.262 e. The van der Waals surface area contributed by atoms with Gasteiger partial charge in [0.05, 0.1) is 30.3 Å². The Hall–Kier alpha value is -3.71. The Balaban J connectivity index is 1.78. The van der Waals surface area contributed by atoms with Crippen LogP contribution in [0.5, 0.6) is 5.75 Å². The molecular weight excluding hydrogens is 414 g/mol.